The van der Waals surface area contributed by atoms with Crippen LogP contribution in [0.25, 0.3) is 0 Å². The van der Waals surface area contributed by atoms with Crippen LogP contribution >= 0.6 is 0 Å². The average molecular weight is 471 g/mol. The van der Waals surface area contributed by atoms with E-state index in [2.05, 4.69) is 5.43 Å². The van der Waals surface area contributed by atoms with Gasteiger partial charge in [0.05, 0.1) is 12.1 Å². The molecule has 2 rings (SSSR count). The van der Waals surface area contributed by atoms with Crippen LogP contribution in [0.15, 0.2) is 60.7 Å². The second kappa shape index (κ2) is 14.7. The number of unbranched alkanes of at least 4 members (excludes halogenated alkanes) is 2. The molecule has 2 aromatic carbocycles. The molecule has 2 N–H and O–H groups in total. The van der Waals surface area contributed by atoms with Crippen LogP contribution in [0.4, 0.5) is 9.59 Å². The van der Waals surface area contributed by atoms with Gasteiger partial charge < -0.3 is 14.6 Å². The summed E-state index contributed by atoms with van der Waals surface area (Å²) in [6.07, 6.45) is -0.162. The van der Waals surface area contributed by atoms with E-state index in [0.29, 0.717) is 12.8 Å². The minimum absolute atomic E-state index is 0.01000. The van der Waals surface area contributed by atoms with Crippen molar-refractivity contribution in [3.05, 3.63) is 71.8 Å². The highest BCUT2D eigenvalue weighted by atomic mass is 16.6. The van der Waals surface area contributed by atoms with Gasteiger partial charge in [-0.2, -0.15) is 0 Å². The minimum Gasteiger partial charge on any atom is -0.443 e. The van der Waals surface area contributed by atoms with Gasteiger partial charge in [0.25, 0.3) is 0 Å². The Balaban J connectivity index is 2.15. The quantitative estimate of drug-likeness (QED) is 0.342. The molecular formula is C26H34N2O6. The second-order valence-corrected chi connectivity index (χ2v) is 8.12. The summed E-state index contributed by atoms with van der Waals surface area (Å²) in [6, 6.07) is 17.4. The standard InChI is InChI=1S/C26H34N2O6/c1-3-4-7-16-23(24(30)17-20(2)29)28(26(32)34-19-22-14-10-6-11-15-22)27-25(31)33-18-21-12-8-5-9-13-21/h5-6,8-15,23-24,30H,3-4,7,16-19H2,1-2H3,(H,27,31)/t23-,24+/m0/s1. The van der Waals surface area contributed by atoms with Crippen molar-refractivity contribution < 1.29 is 29.0 Å². The van der Waals surface area contributed by atoms with Gasteiger partial charge in [-0.25, -0.2) is 20.0 Å². The Morgan fingerprint density at radius 1 is 0.912 bits per heavy atom. The number of rotatable bonds is 12. The van der Waals surface area contributed by atoms with Crippen LogP contribution < -0.4 is 5.43 Å². The van der Waals surface area contributed by atoms with Crippen molar-refractivity contribution in [2.75, 3.05) is 0 Å². The van der Waals surface area contributed by atoms with Crippen molar-refractivity contribution in [1.82, 2.24) is 10.4 Å². The molecule has 0 radical (unpaired) electrons. The molecule has 34 heavy (non-hydrogen) atoms. The van der Waals surface area contributed by atoms with E-state index >= 15 is 0 Å². The smallest absolute Gasteiger partial charge is 0.429 e. The highest BCUT2D eigenvalue weighted by Crippen LogP contribution is 2.17. The SMILES string of the molecule is CCCCC[C@@H]([C@H](O)CC(C)=O)N(NC(=O)OCc1ccccc1)C(=O)OCc1ccccc1. The summed E-state index contributed by atoms with van der Waals surface area (Å²) in [5.74, 6) is -0.225. The monoisotopic (exact) mass is 470 g/mol. The van der Waals surface area contributed by atoms with Gasteiger partial charge in [-0.15, -0.1) is 0 Å². The van der Waals surface area contributed by atoms with Crippen molar-refractivity contribution >= 4 is 18.0 Å². The van der Waals surface area contributed by atoms with Crippen molar-refractivity contribution in [1.29, 1.82) is 0 Å². The van der Waals surface area contributed by atoms with Crippen LogP contribution in [0.2, 0.25) is 0 Å². The minimum atomic E-state index is -1.17. The first-order chi connectivity index (χ1) is 16.4. The highest BCUT2D eigenvalue weighted by Gasteiger charge is 2.33. The zero-order valence-electron chi connectivity index (χ0n) is 19.8. The molecular weight excluding hydrogens is 436 g/mol. The van der Waals surface area contributed by atoms with Crippen molar-refractivity contribution in [3.63, 3.8) is 0 Å². The van der Waals surface area contributed by atoms with E-state index in [-0.39, 0.29) is 25.4 Å². The van der Waals surface area contributed by atoms with E-state index in [4.69, 9.17) is 9.47 Å². The third-order valence-electron chi connectivity index (χ3n) is 5.20. The molecule has 0 aromatic heterocycles. The molecule has 0 saturated heterocycles. The molecule has 0 aliphatic rings. The number of amides is 2. The lowest BCUT2D eigenvalue weighted by atomic mass is 9.99. The molecule has 2 aromatic rings. The normalized spacial score (nSPS) is 12.3. The Labute approximate surface area is 200 Å². The van der Waals surface area contributed by atoms with Crippen LogP contribution in [-0.4, -0.2) is 40.2 Å². The lowest BCUT2D eigenvalue weighted by Gasteiger charge is -2.33. The number of carbonyl (C=O) groups excluding carboxylic acids is 3. The maximum Gasteiger partial charge on any atom is 0.429 e. The average Bonchev–Trinajstić information content (AvgIpc) is 2.83. The van der Waals surface area contributed by atoms with Crippen LogP contribution in [-0.2, 0) is 27.5 Å². The maximum absolute atomic E-state index is 13.0. The number of carbonyl (C=O) groups is 3. The summed E-state index contributed by atoms with van der Waals surface area (Å²) in [4.78, 5) is 37.2. The molecule has 0 spiro atoms. The zero-order valence-corrected chi connectivity index (χ0v) is 19.8. The molecule has 0 bridgehead atoms. The largest absolute Gasteiger partial charge is 0.443 e. The predicted octanol–water partition coefficient (Wildman–Crippen LogP) is 4.76. The number of ether oxygens (including phenoxy) is 2. The number of Topliss-reactive ketones (excluding diaryl/α,β-unsaturated/α-hetero) is 1. The molecule has 0 unspecified atom stereocenters. The number of aliphatic hydroxyl groups excluding tert-OH is 1. The van der Waals surface area contributed by atoms with E-state index in [9.17, 15) is 19.5 Å². The number of hydrogen-bond acceptors (Lipinski definition) is 6. The fourth-order valence-corrected chi connectivity index (χ4v) is 3.43. The molecule has 0 fully saturated rings. The van der Waals surface area contributed by atoms with E-state index in [0.717, 1.165) is 29.0 Å². The molecule has 0 saturated carbocycles. The summed E-state index contributed by atoms with van der Waals surface area (Å²) in [5.41, 5.74) is 3.99. The van der Waals surface area contributed by atoms with Crippen LogP contribution in [0.5, 0.6) is 0 Å². The van der Waals surface area contributed by atoms with E-state index in [1.807, 2.05) is 67.6 Å². The zero-order chi connectivity index (χ0) is 24.8. The lowest BCUT2D eigenvalue weighted by molar-refractivity contribution is -0.120. The summed E-state index contributed by atoms with van der Waals surface area (Å²) in [7, 11) is 0. The van der Waals surface area contributed by atoms with Crippen LogP contribution in [0, 0.1) is 0 Å². The third-order valence-corrected chi connectivity index (χ3v) is 5.20. The molecule has 0 heterocycles. The first-order valence-electron chi connectivity index (χ1n) is 11.6. The number of hydrazine groups is 1. The summed E-state index contributed by atoms with van der Waals surface area (Å²) in [6.45, 7) is 3.40. The molecule has 184 valence electrons. The predicted molar refractivity (Wildman–Crippen MR) is 127 cm³/mol. The van der Waals surface area contributed by atoms with Crippen molar-refractivity contribution in [2.45, 2.75) is 71.3 Å². The van der Waals surface area contributed by atoms with Crippen LogP contribution in [0.1, 0.15) is 57.1 Å². The van der Waals surface area contributed by atoms with Gasteiger partial charge in [0.15, 0.2) is 0 Å². The molecule has 0 aliphatic carbocycles. The number of nitrogens with one attached hydrogen (secondary N) is 1. The van der Waals surface area contributed by atoms with Gasteiger partial charge in [-0.05, 0) is 24.5 Å². The number of aliphatic hydroxyl groups is 1. The summed E-state index contributed by atoms with van der Waals surface area (Å²) >= 11 is 0. The van der Waals surface area contributed by atoms with Crippen LogP contribution in [0.3, 0.4) is 0 Å². The van der Waals surface area contributed by atoms with Crippen molar-refractivity contribution in [2.24, 2.45) is 0 Å². The topological polar surface area (TPSA) is 105 Å². The molecule has 8 heteroatoms. The Hall–Kier alpha value is -3.39. The number of nitrogens with zero attached hydrogens (tertiary/aromatic N) is 1. The number of benzene rings is 2. The second-order valence-electron chi connectivity index (χ2n) is 8.12. The Morgan fingerprint density at radius 3 is 2.00 bits per heavy atom. The fraction of sp³-hybridized carbons (Fsp3) is 0.423. The number of ketones is 1. The maximum atomic E-state index is 13.0. The van der Waals surface area contributed by atoms with Gasteiger partial charge in [0.2, 0.25) is 0 Å². The summed E-state index contributed by atoms with van der Waals surface area (Å²) < 4.78 is 10.7. The van der Waals surface area contributed by atoms with Gasteiger partial charge in [-0.3, -0.25) is 4.79 Å². The highest BCUT2D eigenvalue weighted by molar-refractivity contribution is 5.77. The van der Waals surface area contributed by atoms with Gasteiger partial charge in [0, 0.05) is 6.42 Å². The van der Waals surface area contributed by atoms with Crippen molar-refractivity contribution in [3.8, 4) is 0 Å². The van der Waals surface area contributed by atoms with Gasteiger partial charge >= 0.3 is 12.2 Å². The third kappa shape index (κ3) is 9.62. The first-order valence-corrected chi connectivity index (χ1v) is 11.6. The Kier molecular flexibility index (Phi) is 11.6. The van der Waals surface area contributed by atoms with Gasteiger partial charge in [-0.1, -0.05) is 86.8 Å². The molecule has 8 nitrogen and oxygen atoms in total. The molecule has 2 amide bonds. The molecule has 0 aliphatic heterocycles. The Bertz CT molecular complexity index is 891. The van der Waals surface area contributed by atoms with E-state index in [1.54, 1.807) is 0 Å². The number of hydrogen-bond donors (Lipinski definition) is 2. The Morgan fingerprint density at radius 2 is 1.47 bits per heavy atom. The van der Waals surface area contributed by atoms with E-state index in [1.165, 1.54) is 6.92 Å². The van der Waals surface area contributed by atoms with Gasteiger partial charge in [0.1, 0.15) is 19.0 Å². The molecule has 2 atom stereocenters. The fourth-order valence-electron chi connectivity index (χ4n) is 3.43. The summed E-state index contributed by atoms with van der Waals surface area (Å²) in [5, 5.41) is 11.7. The first kappa shape index (κ1) is 26.9. The van der Waals surface area contributed by atoms with E-state index < -0.39 is 24.3 Å². The lowest BCUT2D eigenvalue weighted by Crippen LogP contribution is -2.56.